The summed E-state index contributed by atoms with van der Waals surface area (Å²) in [5.41, 5.74) is 4.83. The van der Waals surface area contributed by atoms with Gasteiger partial charge in [-0.15, -0.1) is 0 Å². The number of carboxylic acids is 1. The van der Waals surface area contributed by atoms with Crippen LogP contribution in [0.3, 0.4) is 0 Å². The molecule has 1 N–H and O–H groups in total. The van der Waals surface area contributed by atoms with Gasteiger partial charge in [-0.3, -0.25) is 4.79 Å². The topological polar surface area (TPSA) is 55.1 Å². The molecule has 0 saturated carbocycles. The lowest BCUT2D eigenvalue weighted by molar-refractivity contribution is -0.136. The smallest absolute Gasteiger partial charge is 0.303 e. The first-order valence-electron chi connectivity index (χ1n) is 6.43. The third-order valence-corrected chi connectivity index (χ3v) is 3.66. The highest BCUT2D eigenvalue weighted by molar-refractivity contribution is 6.30. The van der Waals surface area contributed by atoms with Gasteiger partial charge in [-0.25, -0.2) is 4.68 Å². The van der Waals surface area contributed by atoms with Crippen LogP contribution in [0.5, 0.6) is 0 Å². The van der Waals surface area contributed by atoms with Crippen LogP contribution in [-0.4, -0.2) is 20.9 Å². The van der Waals surface area contributed by atoms with Crippen molar-refractivity contribution in [2.24, 2.45) is 0 Å². The van der Waals surface area contributed by atoms with Crippen LogP contribution in [0.15, 0.2) is 18.2 Å². The summed E-state index contributed by atoms with van der Waals surface area (Å²) in [6, 6.07) is 5.67. The molecule has 0 fully saturated rings. The van der Waals surface area contributed by atoms with Crippen molar-refractivity contribution in [3.05, 3.63) is 45.7 Å². The molecule has 4 nitrogen and oxygen atoms in total. The highest BCUT2D eigenvalue weighted by Gasteiger charge is 2.15. The predicted octanol–water partition coefficient (Wildman–Crippen LogP) is 3.47. The molecule has 1 aromatic carbocycles. The molecule has 2 aromatic rings. The Morgan fingerprint density at radius 3 is 2.70 bits per heavy atom. The van der Waals surface area contributed by atoms with Crippen molar-refractivity contribution >= 4 is 17.6 Å². The predicted molar refractivity (Wildman–Crippen MR) is 78.7 cm³/mol. The summed E-state index contributed by atoms with van der Waals surface area (Å²) in [6.45, 7) is 5.86. The number of carboxylic acid groups (broad SMARTS) is 1. The molecule has 0 saturated heterocycles. The fourth-order valence-corrected chi connectivity index (χ4v) is 2.48. The second kappa shape index (κ2) is 5.67. The largest absolute Gasteiger partial charge is 0.481 e. The van der Waals surface area contributed by atoms with Gasteiger partial charge in [0.15, 0.2) is 0 Å². The molecule has 0 spiro atoms. The van der Waals surface area contributed by atoms with Crippen LogP contribution >= 0.6 is 11.6 Å². The molecule has 2 rings (SSSR count). The summed E-state index contributed by atoms with van der Waals surface area (Å²) in [6.07, 6.45) is 0.606. The number of hydrogen-bond acceptors (Lipinski definition) is 2. The Bertz CT molecular complexity index is 662. The minimum atomic E-state index is -0.796. The van der Waals surface area contributed by atoms with Crippen LogP contribution in [0, 0.1) is 20.8 Å². The van der Waals surface area contributed by atoms with E-state index in [4.69, 9.17) is 16.7 Å². The number of rotatable bonds is 4. The highest BCUT2D eigenvalue weighted by Crippen LogP contribution is 2.24. The van der Waals surface area contributed by atoms with Crippen LogP contribution in [0.25, 0.3) is 5.69 Å². The van der Waals surface area contributed by atoms with Crippen LogP contribution in [0.2, 0.25) is 5.02 Å². The van der Waals surface area contributed by atoms with Crippen molar-refractivity contribution in [2.75, 3.05) is 0 Å². The van der Waals surface area contributed by atoms with E-state index < -0.39 is 5.97 Å². The summed E-state index contributed by atoms with van der Waals surface area (Å²) < 4.78 is 1.84. The van der Waals surface area contributed by atoms with Gasteiger partial charge in [0.05, 0.1) is 11.4 Å². The Balaban J connectivity index is 2.46. The van der Waals surface area contributed by atoms with Crippen molar-refractivity contribution in [1.29, 1.82) is 0 Å². The van der Waals surface area contributed by atoms with Gasteiger partial charge in [0, 0.05) is 17.1 Å². The Kier molecular flexibility index (Phi) is 4.14. The average molecular weight is 293 g/mol. The maximum absolute atomic E-state index is 10.7. The van der Waals surface area contributed by atoms with E-state index >= 15 is 0 Å². The molecule has 0 amide bonds. The average Bonchev–Trinajstić information content (AvgIpc) is 2.65. The molecule has 1 heterocycles. The van der Waals surface area contributed by atoms with Gasteiger partial charge < -0.3 is 5.11 Å². The van der Waals surface area contributed by atoms with Crippen LogP contribution < -0.4 is 0 Å². The number of benzene rings is 1. The minimum Gasteiger partial charge on any atom is -0.481 e. The Hall–Kier alpha value is -1.81. The molecule has 0 atom stereocenters. The fourth-order valence-electron chi connectivity index (χ4n) is 2.31. The first kappa shape index (κ1) is 14.6. The van der Waals surface area contributed by atoms with Gasteiger partial charge in [-0.1, -0.05) is 17.7 Å². The van der Waals surface area contributed by atoms with Crippen LogP contribution in [0.4, 0.5) is 0 Å². The summed E-state index contributed by atoms with van der Waals surface area (Å²) in [7, 11) is 0. The lowest BCUT2D eigenvalue weighted by atomic mass is 10.1. The van der Waals surface area contributed by atoms with Gasteiger partial charge in [-0.2, -0.15) is 5.10 Å². The van der Waals surface area contributed by atoms with Crippen molar-refractivity contribution in [1.82, 2.24) is 9.78 Å². The molecule has 5 heteroatoms. The Morgan fingerprint density at radius 2 is 2.05 bits per heavy atom. The number of aromatic nitrogens is 2. The van der Waals surface area contributed by atoms with E-state index in [-0.39, 0.29) is 6.42 Å². The summed E-state index contributed by atoms with van der Waals surface area (Å²) >= 11 is 6.05. The lowest BCUT2D eigenvalue weighted by Gasteiger charge is -2.09. The Labute approximate surface area is 123 Å². The second-order valence-corrected chi connectivity index (χ2v) is 5.32. The van der Waals surface area contributed by atoms with Gasteiger partial charge in [0.1, 0.15) is 0 Å². The standard InChI is InChI=1S/C15H17ClN2O2/c1-9-4-5-12(16)8-14(9)18-11(3)13(10(2)17-18)6-7-15(19)20/h4-5,8H,6-7H2,1-3H3,(H,19,20). The molecule has 0 aliphatic heterocycles. The van der Waals surface area contributed by atoms with E-state index in [1.807, 2.05) is 43.7 Å². The van der Waals surface area contributed by atoms with Crippen LogP contribution in [0.1, 0.15) is 28.9 Å². The molecule has 0 aliphatic carbocycles. The molecular weight excluding hydrogens is 276 g/mol. The number of carbonyl (C=O) groups is 1. The van der Waals surface area contributed by atoms with Crippen molar-refractivity contribution in [2.45, 2.75) is 33.6 Å². The maximum Gasteiger partial charge on any atom is 0.303 e. The number of aliphatic carboxylic acids is 1. The highest BCUT2D eigenvalue weighted by atomic mass is 35.5. The zero-order valence-electron chi connectivity index (χ0n) is 11.8. The van der Waals surface area contributed by atoms with Gasteiger partial charge in [0.25, 0.3) is 0 Å². The normalized spacial score (nSPS) is 10.8. The van der Waals surface area contributed by atoms with E-state index in [1.54, 1.807) is 0 Å². The van der Waals surface area contributed by atoms with E-state index in [2.05, 4.69) is 5.10 Å². The molecule has 0 radical (unpaired) electrons. The second-order valence-electron chi connectivity index (χ2n) is 4.89. The minimum absolute atomic E-state index is 0.113. The summed E-state index contributed by atoms with van der Waals surface area (Å²) in [5.74, 6) is -0.796. The van der Waals surface area contributed by atoms with E-state index in [9.17, 15) is 4.79 Å². The van der Waals surface area contributed by atoms with Gasteiger partial charge >= 0.3 is 5.97 Å². The maximum atomic E-state index is 10.7. The molecule has 0 aliphatic rings. The lowest BCUT2D eigenvalue weighted by Crippen LogP contribution is -2.03. The fraction of sp³-hybridized carbons (Fsp3) is 0.333. The van der Waals surface area contributed by atoms with Crippen LogP contribution in [-0.2, 0) is 11.2 Å². The van der Waals surface area contributed by atoms with E-state index in [0.717, 1.165) is 28.2 Å². The van der Waals surface area contributed by atoms with Crippen molar-refractivity contribution in [3.63, 3.8) is 0 Å². The molecule has 0 unspecified atom stereocenters. The van der Waals surface area contributed by atoms with Gasteiger partial charge in [0.2, 0.25) is 0 Å². The molecule has 0 bridgehead atoms. The Morgan fingerprint density at radius 1 is 1.35 bits per heavy atom. The molecule has 106 valence electrons. The monoisotopic (exact) mass is 292 g/mol. The summed E-state index contributed by atoms with van der Waals surface area (Å²) in [5, 5.41) is 14.0. The van der Waals surface area contributed by atoms with E-state index in [0.29, 0.717) is 11.4 Å². The number of aryl methyl sites for hydroxylation is 2. The first-order valence-corrected chi connectivity index (χ1v) is 6.81. The van der Waals surface area contributed by atoms with Gasteiger partial charge in [-0.05, 0) is 50.5 Å². The quantitative estimate of drug-likeness (QED) is 0.939. The number of halogens is 1. The SMILES string of the molecule is Cc1ccc(Cl)cc1-n1nc(C)c(CCC(=O)O)c1C. The van der Waals surface area contributed by atoms with Crippen molar-refractivity contribution in [3.8, 4) is 5.69 Å². The van der Waals surface area contributed by atoms with E-state index in [1.165, 1.54) is 0 Å². The molecular formula is C15H17ClN2O2. The first-order chi connectivity index (χ1) is 9.40. The molecule has 20 heavy (non-hydrogen) atoms. The number of hydrogen-bond donors (Lipinski definition) is 1. The third kappa shape index (κ3) is 2.85. The van der Waals surface area contributed by atoms with Crippen molar-refractivity contribution < 1.29 is 9.90 Å². The number of nitrogens with zero attached hydrogens (tertiary/aromatic N) is 2. The third-order valence-electron chi connectivity index (χ3n) is 3.43. The zero-order valence-corrected chi connectivity index (χ0v) is 12.5. The molecule has 1 aromatic heterocycles. The zero-order chi connectivity index (χ0) is 14.9. The summed E-state index contributed by atoms with van der Waals surface area (Å²) in [4.78, 5) is 10.7.